The second kappa shape index (κ2) is 5.26. The van der Waals surface area contributed by atoms with Crippen molar-refractivity contribution in [3.63, 3.8) is 0 Å². The summed E-state index contributed by atoms with van der Waals surface area (Å²) >= 11 is 0. The van der Waals surface area contributed by atoms with Crippen molar-refractivity contribution in [1.29, 1.82) is 0 Å². The fourth-order valence-corrected chi connectivity index (χ4v) is 1.18. The summed E-state index contributed by atoms with van der Waals surface area (Å²) in [5, 5.41) is 0. The van der Waals surface area contributed by atoms with Crippen LogP contribution >= 0.6 is 0 Å². The molecule has 3 heteroatoms. The first-order valence-electron chi connectivity index (χ1n) is 4.52. The summed E-state index contributed by atoms with van der Waals surface area (Å²) in [6.07, 6.45) is 5.54. The van der Waals surface area contributed by atoms with E-state index in [9.17, 15) is 13.6 Å². The van der Waals surface area contributed by atoms with Crippen LogP contribution in [0.15, 0.2) is 18.2 Å². The maximum atomic E-state index is 13.1. The Morgan fingerprint density at radius 1 is 1.40 bits per heavy atom. The highest BCUT2D eigenvalue weighted by Gasteiger charge is 2.08. The molecule has 0 N–H and O–H groups in total. The minimum atomic E-state index is -0.691. The Kier molecular flexibility index (Phi) is 3.99. The quantitative estimate of drug-likeness (QED) is 0.695. The third kappa shape index (κ3) is 3.51. The highest BCUT2D eigenvalue weighted by atomic mass is 19.1. The van der Waals surface area contributed by atoms with Crippen molar-refractivity contribution < 1.29 is 13.6 Å². The topological polar surface area (TPSA) is 17.1 Å². The van der Waals surface area contributed by atoms with Crippen LogP contribution in [-0.4, -0.2) is 5.78 Å². The Bertz CT molecular complexity index is 405. The van der Waals surface area contributed by atoms with Gasteiger partial charge in [-0.3, -0.25) is 4.79 Å². The lowest BCUT2D eigenvalue weighted by molar-refractivity contribution is -0.118. The SMILES string of the molecule is C#CCCC(=O)Cc1ccc(F)cc1F. The normalized spacial score (nSPS) is 9.67. The summed E-state index contributed by atoms with van der Waals surface area (Å²) in [6.45, 7) is 0. The van der Waals surface area contributed by atoms with Gasteiger partial charge in [0.15, 0.2) is 0 Å². The minimum absolute atomic E-state index is 0.0339. The average molecular weight is 208 g/mol. The second-order valence-electron chi connectivity index (χ2n) is 3.16. The molecule has 1 aromatic rings. The largest absolute Gasteiger partial charge is 0.299 e. The van der Waals surface area contributed by atoms with Crippen molar-refractivity contribution in [1.82, 2.24) is 0 Å². The summed E-state index contributed by atoms with van der Waals surface area (Å²) in [7, 11) is 0. The fourth-order valence-electron chi connectivity index (χ4n) is 1.18. The predicted molar refractivity (Wildman–Crippen MR) is 53.1 cm³/mol. The Hall–Kier alpha value is -1.69. The van der Waals surface area contributed by atoms with Gasteiger partial charge in [0.1, 0.15) is 17.4 Å². The van der Waals surface area contributed by atoms with Crippen molar-refractivity contribution in [2.75, 3.05) is 0 Å². The van der Waals surface area contributed by atoms with Gasteiger partial charge >= 0.3 is 0 Å². The first-order chi connectivity index (χ1) is 7.13. The van der Waals surface area contributed by atoms with Gasteiger partial charge in [0.25, 0.3) is 0 Å². The van der Waals surface area contributed by atoms with E-state index in [-0.39, 0.29) is 24.2 Å². The molecule has 0 aromatic heterocycles. The molecule has 15 heavy (non-hydrogen) atoms. The lowest BCUT2D eigenvalue weighted by atomic mass is 10.1. The van der Waals surface area contributed by atoms with Gasteiger partial charge < -0.3 is 0 Å². The number of hydrogen-bond donors (Lipinski definition) is 0. The summed E-state index contributed by atoms with van der Waals surface area (Å²) in [5.74, 6) is 0.857. The van der Waals surface area contributed by atoms with Gasteiger partial charge in [-0.1, -0.05) is 6.07 Å². The zero-order chi connectivity index (χ0) is 11.3. The number of terminal acetylenes is 1. The smallest absolute Gasteiger partial charge is 0.138 e. The number of benzene rings is 1. The van der Waals surface area contributed by atoms with Gasteiger partial charge in [0.05, 0.1) is 0 Å². The number of ketones is 1. The Morgan fingerprint density at radius 2 is 2.13 bits per heavy atom. The molecule has 0 aliphatic carbocycles. The standard InChI is InChI=1S/C12H10F2O/c1-2-3-4-11(15)7-9-5-6-10(13)8-12(9)14/h1,5-6,8H,3-4,7H2. The van der Waals surface area contributed by atoms with Crippen LogP contribution in [0.5, 0.6) is 0 Å². The van der Waals surface area contributed by atoms with Crippen molar-refractivity contribution in [2.24, 2.45) is 0 Å². The molecule has 78 valence electrons. The fraction of sp³-hybridized carbons (Fsp3) is 0.250. The molecule has 1 nitrogen and oxygen atoms in total. The van der Waals surface area contributed by atoms with Gasteiger partial charge in [0, 0.05) is 25.3 Å². The van der Waals surface area contributed by atoms with E-state index in [1.165, 1.54) is 6.07 Å². The summed E-state index contributed by atoms with van der Waals surface area (Å²) in [5.41, 5.74) is 0.207. The Balaban J connectivity index is 2.65. The molecule has 0 fully saturated rings. The number of rotatable bonds is 4. The van der Waals surface area contributed by atoms with E-state index in [1.54, 1.807) is 0 Å². The van der Waals surface area contributed by atoms with Crippen LogP contribution in [0.1, 0.15) is 18.4 Å². The molecule has 0 unspecified atom stereocenters. The number of carbonyl (C=O) groups is 1. The molecular weight excluding hydrogens is 198 g/mol. The van der Waals surface area contributed by atoms with E-state index >= 15 is 0 Å². The van der Waals surface area contributed by atoms with E-state index in [0.29, 0.717) is 6.42 Å². The van der Waals surface area contributed by atoms with Crippen LogP contribution in [0.25, 0.3) is 0 Å². The summed E-state index contributed by atoms with van der Waals surface area (Å²) < 4.78 is 25.6. The molecule has 0 saturated carbocycles. The molecule has 0 aliphatic rings. The molecule has 0 radical (unpaired) electrons. The minimum Gasteiger partial charge on any atom is -0.299 e. The number of carbonyl (C=O) groups excluding carboxylic acids is 1. The molecule has 0 bridgehead atoms. The van der Waals surface area contributed by atoms with Gasteiger partial charge in [0.2, 0.25) is 0 Å². The van der Waals surface area contributed by atoms with E-state index in [2.05, 4.69) is 5.92 Å². The summed E-state index contributed by atoms with van der Waals surface area (Å²) in [6, 6.07) is 3.18. The van der Waals surface area contributed by atoms with Crippen molar-refractivity contribution in [2.45, 2.75) is 19.3 Å². The third-order valence-corrected chi connectivity index (χ3v) is 1.95. The zero-order valence-corrected chi connectivity index (χ0v) is 8.09. The summed E-state index contributed by atoms with van der Waals surface area (Å²) in [4.78, 5) is 11.3. The molecule has 1 aromatic carbocycles. The van der Waals surface area contributed by atoms with Crippen LogP contribution in [0.2, 0.25) is 0 Å². The van der Waals surface area contributed by atoms with Gasteiger partial charge in [-0.2, -0.15) is 0 Å². The van der Waals surface area contributed by atoms with Crippen LogP contribution in [-0.2, 0) is 11.2 Å². The third-order valence-electron chi connectivity index (χ3n) is 1.95. The first kappa shape index (κ1) is 11.4. The molecule has 0 aliphatic heterocycles. The monoisotopic (exact) mass is 208 g/mol. The van der Waals surface area contributed by atoms with Crippen LogP contribution in [0.4, 0.5) is 8.78 Å². The van der Waals surface area contributed by atoms with Gasteiger partial charge in [-0.05, 0) is 11.6 Å². The lowest BCUT2D eigenvalue weighted by Gasteiger charge is -2.01. The molecule has 1 rings (SSSR count). The highest BCUT2D eigenvalue weighted by Crippen LogP contribution is 2.11. The molecule has 0 spiro atoms. The molecule has 0 saturated heterocycles. The van der Waals surface area contributed by atoms with Gasteiger partial charge in [-0.15, -0.1) is 12.3 Å². The number of Topliss-reactive ketones (excluding diaryl/α,β-unsaturated/α-hetero) is 1. The molecule has 0 heterocycles. The average Bonchev–Trinajstić information content (AvgIpc) is 2.19. The van der Waals surface area contributed by atoms with E-state index in [1.807, 2.05) is 0 Å². The Labute approximate surface area is 87.1 Å². The van der Waals surface area contributed by atoms with E-state index < -0.39 is 11.6 Å². The number of hydrogen-bond acceptors (Lipinski definition) is 1. The van der Waals surface area contributed by atoms with Crippen molar-refractivity contribution in [3.05, 3.63) is 35.4 Å². The van der Waals surface area contributed by atoms with Crippen molar-refractivity contribution in [3.8, 4) is 12.3 Å². The molecule has 0 amide bonds. The maximum Gasteiger partial charge on any atom is 0.138 e. The first-order valence-corrected chi connectivity index (χ1v) is 4.52. The zero-order valence-electron chi connectivity index (χ0n) is 8.09. The molecular formula is C12H10F2O. The van der Waals surface area contributed by atoms with Crippen LogP contribution in [0.3, 0.4) is 0 Å². The van der Waals surface area contributed by atoms with Crippen LogP contribution in [0, 0.1) is 24.0 Å². The Morgan fingerprint density at radius 3 is 2.73 bits per heavy atom. The molecule has 0 atom stereocenters. The van der Waals surface area contributed by atoms with Crippen molar-refractivity contribution >= 4 is 5.78 Å². The number of halogens is 2. The maximum absolute atomic E-state index is 13.1. The highest BCUT2D eigenvalue weighted by molar-refractivity contribution is 5.81. The van der Waals surface area contributed by atoms with E-state index in [4.69, 9.17) is 6.42 Å². The van der Waals surface area contributed by atoms with Crippen LogP contribution < -0.4 is 0 Å². The lowest BCUT2D eigenvalue weighted by Crippen LogP contribution is -2.04. The van der Waals surface area contributed by atoms with Gasteiger partial charge in [-0.25, -0.2) is 8.78 Å². The second-order valence-corrected chi connectivity index (χ2v) is 3.16. The van der Waals surface area contributed by atoms with E-state index in [0.717, 1.165) is 12.1 Å². The predicted octanol–water partition coefficient (Wildman–Crippen LogP) is 2.49.